The molecule has 2 atom stereocenters. The van der Waals surface area contributed by atoms with E-state index in [4.69, 9.17) is 0 Å². The molecular formula is C27H34N4O. The van der Waals surface area contributed by atoms with E-state index in [9.17, 15) is 4.79 Å². The summed E-state index contributed by atoms with van der Waals surface area (Å²) in [4.78, 5) is 17.7. The number of nitrogens with one attached hydrogen (secondary N) is 2. The lowest BCUT2D eigenvalue weighted by Crippen LogP contribution is -2.49. The third-order valence-corrected chi connectivity index (χ3v) is 6.28. The van der Waals surface area contributed by atoms with Crippen LogP contribution in [0.15, 0.2) is 72.8 Å². The van der Waals surface area contributed by atoms with E-state index >= 15 is 0 Å². The molecule has 3 aromatic rings. The minimum atomic E-state index is -0.110. The van der Waals surface area contributed by atoms with Crippen LogP contribution in [0.1, 0.15) is 24.1 Å². The molecule has 0 spiro atoms. The van der Waals surface area contributed by atoms with Crippen molar-refractivity contribution in [2.45, 2.75) is 25.4 Å². The van der Waals surface area contributed by atoms with E-state index in [0.29, 0.717) is 0 Å². The molecule has 32 heavy (non-hydrogen) atoms. The summed E-state index contributed by atoms with van der Waals surface area (Å²) in [7, 11) is 2.16. The molecule has 4 rings (SSSR count). The molecule has 0 aromatic heterocycles. The maximum Gasteiger partial charge on any atom is 0.315 e. The van der Waals surface area contributed by atoms with Crippen LogP contribution in [0.3, 0.4) is 0 Å². The summed E-state index contributed by atoms with van der Waals surface area (Å²) < 4.78 is 0. The zero-order valence-electron chi connectivity index (χ0n) is 19.1. The molecular weight excluding hydrogens is 396 g/mol. The van der Waals surface area contributed by atoms with Gasteiger partial charge in [0.1, 0.15) is 0 Å². The molecule has 0 saturated carbocycles. The molecule has 0 bridgehead atoms. The maximum absolute atomic E-state index is 12.9. The molecule has 1 fully saturated rings. The molecule has 0 aliphatic carbocycles. The molecule has 1 aliphatic rings. The van der Waals surface area contributed by atoms with Gasteiger partial charge in [-0.25, -0.2) is 4.79 Å². The number of hydrogen-bond donors (Lipinski definition) is 2. The highest BCUT2D eigenvalue weighted by atomic mass is 16.2. The monoisotopic (exact) mass is 430 g/mol. The summed E-state index contributed by atoms with van der Waals surface area (Å²) >= 11 is 0. The minimum absolute atomic E-state index is 0.0347. The van der Waals surface area contributed by atoms with Crippen LogP contribution in [0, 0.1) is 0 Å². The standard InChI is InChI=1S/C27H34N4O/c1-21(18-22-12-13-23-8-6-7-11-25(23)19-22)28-27(32)29-26(24-9-4-3-5-10-24)20-31-16-14-30(2)15-17-31/h3-13,19,21,26H,14-18,20H2,1-2H3,(H2,28,29,32)/t21-,26-/m0/s1. The lowest BCUT2D eigenvalue weighted by atomic mass is 10.0. The number of nitrogens with zero attached hydrogens (tertiary/aromatic N) is 2. The molecule has 5 heteroatoms. The van der Waals surface area contributed by atoms with E-state index in [1.54, 1.807) is 0 Å². The predicted molar refractivity (Wildman–Crippen MR) is 132 cm³/mol. The lowest BCUT2D eigenvalue weighted by Gasteiger charge is -2.35. The average Bonchev–Trinajstić information content (AvgIpc) is 2.80. The molecule has 3 aromatic carbocycles. The highest BCUT2D eigenvalue weighted by Crippen LogP contribution is 2.18. The molecule has 1 heterocycles. The molecule has 1 aliphatic heterocycles. The van der Waals surface area contributed by atoms with Gasteiger partial charge in [-0.2, -0.15) is 0 Å². The van der Waals surface area contributed by atoms with Gasteiger partial charge in [-0.1, -0.05) is 72.8 Å². The van der Waals surface area contributed by atoms with Gasteiger partial charge >= 0.3 is 6.03 Å². The number of urea groups is 1. The zero-order chi connectivity index (χ0) is 22.3. The van der Waals surface area contributed by atoms with Crippen molar-refractivity contribution in [2.75, 3.05) is 39.8 Å². The van der Waals surface area contributed by atoms with E-state index in [-0.39, 0.29) is 18.1 Å². The van der Waals surface area contributed by atoms with Crippen molar-refractivity contribution in [1.29, 1.82) is 0 Å². The molecule has 1 saturated heterocycles. The number of rotatable bonds is 7. The number of hydrogen-bond acceptors (Lipinski definition) is 3. The molecule has 168 valence electrons. The smallest absolute Gasteiger partial charge is 0.315 e. The minimum Gasteiger partial charge on any atom is -0.335 e. The largest absolute Gasteiger partial charge is 0.335 e. The SMILES string of the molecule is C[C@@H](Cc1ccc2ccccc2c1)NC(=O)N[C@@H](CN1CCN(C)CC1)c1ccccc1. The Morgan fingerprint density at radius 2 is 1.56 bits per heavy atom. The van der Waals surface area contributed by atoms with Crippen molar-refractivity contribution in [3.05, 3.63) is 83.9 Å². The fourth-order valence-corrected chi connectivity index (χ4v) is 4.40. The summed E-state index contributed by atoms with van der Waals surface area (Å²) in [6.45, 7) is 7.08. The van der Waals surface area contributed by atoms with Crippen LogP contribution >= 0.6 is 0 Å². The third-order valence-electron chi connectivity index (χ3n) is 6.28. The number of benzene rings is 3. The first-order valence-corrected chi connectivity index (χ1v) is 11.6. The van der Waals surface area contributed by atoms with Gasteiger partial charge in [-0.05, 0) is 42.3 Å². The van der Waals surface area contributed by atoms with Crippen molar-refractivity contribution in [3.63, 3.8) is 0 Å². The first kappa shape index (κ1) is 22.3. The highest BCUT2D eigenvalue weighted by molar-refractivity contribution is 5.83. The van der Waals surface area contributed by atoms with Gasteiger partial charge in [0, 0.05) is 38.8 Å². The van der Waals surface area contributed by atoms with Crippen molar-refractivity contribution < 1.29 is 4.79 Å². The van der Waals surface area contributed by atoms with Crippen molar-refractivity contribution >= 4 is 16.8 Å². The molecule has 0 radical (unpaired) electrons. The second kappa shape index (κ2) is 10.6. The quantitative estimate of drug-likeness (QED) is 0.594. The Bertz CT molecular complexity index is 1010. The summed E-state index contributed by atoms with van der Waals surface area (Å²) in [6, 6.07) is 25.1. The zero-order valence-corrected chi connectivity index (χ0v) is 19.1. The second-order valence-electron chi connectivity index (χ2n) is 8.97. The number of likely N-dealkylation sites (N-methyl/N-ethyl adjacent to an activating group) is 1. The Morgan fingerprint density at radius 3 is 2.31 bits per heavy atom. The van der Waals surface area contributed by atoms with E-state index in [1.165, 1.54) is 16.3 Å². The van der Waals surface area contributed by atoms with Crippen LogP contribution in [0.5, 0.6) is 0 Å². The second-order valence-corrected chi connectivity index (χ2v) is 8.97. The van der Waals surface area contributed by atoms with Gasteiger partial charge in [0.2, 0.25) is 0 Å². The van der Waals surface area contributed by atoms with E-state index < -0.39 is 0 Å². The fraction of sp³-hybridized carbons (Fsp3) is 0.370. The fourth-order valence-electron chi connectivity index (χ4n) is 4.40. The van der Waals surface area contributed by atoms with E-state index in [1.807, 2.05) is 18.2 Å². The number of piperazine rings is 1. The van der Waals surface area contributed by atoms with E-state index in [0.717, 1.165) is 44.7 Å². The molecule has 2 amide bonds. The van der Waals surface area contributed by atoms with Gasteiger partial charge in [0.25, 0.3) is 0 Å². The topological polar surface area (TPSA) is 47.6 Å². The van der Waals surface area contributed by atoms with Gasteiger partial charge in [0.15, 0.2) is 0 Å². The van der Waals surface area contributed by atoms with Gasteiger partial charge in [0.05, 0.1) is 6.04 Å². The first-order chi connectivity index (χ1) is 15.6. The molecule has 0 unspecified atom stereocenters. The lowest BCUT2D eigenvalue weighted by molar-refractivity contribution is 0.142. The van der Waals surface area contributed by atoms with Crippen LogP contribution < -0.4 is 10.6 Å². The van der Waals surface area contributed by atoms with Crippen molar-refractivity contribution in [2.24, 2.45) is 0 Å². The van der Waals surface area contributed by atoms with Crippen molar-refractivity contribution in [1.82, 2.24) is 20.4 Å². The Balaban J connectivity index is 1.36. The van der Waals surface area contributed by atoms with Crippen LogP contribution in [-0.4, -0.2) is 61.6 Å². The Hall–Kier alpha value is -2.89. The summed E-state index contributed by atoms with van der Waals surface area (Å²) in [5, 5.41) is 8.85. The summed E-state index contributed by atoms with van der Waals surface area (Å²) in [6.07, 6.45) is 0.798. The van der Waals surface area contributed by atoms with Gasteiger partial charge in [-0.15, -0.1) is 0 Å². The van der Waals surface area contributed by atoms with Gasteiger partial charge in [-0.3, -0.25) is 4.90 Å². The summed E-state index contributed by atoms with van der Waals surface area (Å²) in [5.41, 5.74) is 2.37. The van der Waals surface area contributed by atoms with Crippen LogP contribution in [0.4, 0.5) is 4.79 Å². The Kier molecular flexibility index (Phi) is 7.40. The van der Waals surface area contributed by atoms with Crippen molar-refractivity contribution in [3.8, 4) is 0 Å². The molecule has 2 N–H and O–H groups in total. The Labute approximate surface area is 191 Å². The maximum atomic E-state index is 12.9. The normalized spacial score (nSPS) is 17.1. The highest BCUT2D eigenvalue weighted by Gasteiger charge is 2.21. The van der Waals surface area contributed by atoms with Crippen LogP contribution in [0.25, 0.3) is 10.8 Å². The number of carbonyl (C=O) groups excluding carboxylic acids is 1. The van der Waals surface area contributed by atoms with Crippen LogP contribution in [-0.2, 0) is 6.42 Å². The first-order valence-electron chi connectivity index (χ1n) is 11.6. The molecule has 5 nitrogen and oxygen atoms in total. The number of fused-ring (bicyclic) bond motifs is 1. The Morgan fingerprint density at radius 1 is 0.875 bits per heavy atom. The third kappa shape index (κ3) is 6.09. The number of amides is 2. The predicted octanol–water partition coefficient (Wildman–Crippen LogP) is 4.06. The van der Waals surface area contributed by atoms with Crippen LogP contribution in [0.2, 0.25) is 0 Å². The average molecular weight is 431 g/mol. The summed E-state index contributed by atoms with van der Waals surface area (Å²) in [5.74, 6) is 0. The van der Waals surface area contributed by atoms with Gasteiger partial charge < -0.3 is 15.5 Å². The van der Waals surface area contributed by atoms with E-state index in [2.05, 4.69) is 89.0 Å². The number of carbonyl (C=O) groups is 1.